The number of benzene rings is 1. The Morgan fingerprint density at radius 2 is 1.89 bits per heavy atom. The van der Waals surface area contributed by atoms with E-state index in [1.54, 1.807) is 0 Å². The van der Waals surface area contributed by atoms with Crippen LogP contribution < -0.4 is 5.32 Å². The predicted molar refractivity (Wildman–Crippen MR) is 85.2 cm³/mol. The maximum atomic E-state index is 11.9. The number of amides is 1. The van der Waals surface area contributed by atoms with Crippen molar-refractivity contribution in [3.8, 4) is 0 Å². The molecule has 0 unspecified atom stereocenters. The zero-order valence-electron chi connectivity index (χ0n) is 10.00. The summed E-state index contributed by atoms with van der Waals surface area (Å²) in [7, 11) is 0. The molecule has 1 heterocycles. The minimum Gasteiger partial charge on any atom is -0.396 e. The molecule has 0 aromatic heterocycles. The average Bonchev–Trinajstić information content (AvgIpc) is 2.27. The number of carbonyl (C=O) groups is 1. The highest BCUT2D eigenvalue weighted by Crippen LogP contribution is 2.34. The first-order chi connectivity index (χ1) is 8.99. The third kappa shape index (κ3) is 4.01. The standard InChI is InChI=1S/C12H13Br3N2O2/c13-8-1-9(14)12(10(15)2-8)16-11(19)5-17-3-7(4-17)6-18/h1-2,7,18H,3-6H2,(H,16,19). The van der Waals surface area contributed by atoms with Crippen LogP contribution in [-0.4, -0.2) is 42.2 Å². The summed E-state index contributed by atoms with van der Waals surface area (Å²) in [6, 6.07) is 3.76. The predicted octanol–water partition coefficient (Wildman–Crippen LogP) is 2.84. The molecule has 7 heteroatoms. The molecule has 2 N–H and O–H groups in total. The largest absolute Gasteiger partial charge is 0.396 e. The van der Waals surface area contributed by atoms with Crippen LogP contribution >= 0.6 is 47.8 Å². The van der Waals surface area contributed by atoms with Gasteiger partial charge in [0.15, 0.2) is 0 Å². The van der Waals surface area contributed by atoms with Crippen LogP contribution in [0.3, 0.4) is 0 Å². The number of nitrogens with one attached hydrogen (secondary N) is 1. The topological polar surface area (TPSA) is 52.6 Å². The van der Waals surface area contributed by atoms with E-state index in [0.29, 0.717) is 12.5 Å². The zero-order chi connectivity index (χ0) is 14.0. The number of likely N-dealkylation sites (tertiary alicyclic amines) is 1. The number of halogens is 3. The van der Waals surface area contributed by atoms with E-state index in [1.165, 1.54) is 0 Å². The van der Waals surface area contributed by atoms with Gasteiger partial charge in [0.05, 0.1) is 12.2 Å². The van der Waals surface area contributed by atoms with Crippen molar-refractivity contribution >= 4 is 59.4 Å². The first-order valence-electron chi connectivity index (χ1n) is 5.77. The fourth-order valence-electron chi connectivity index (χ4n) is 1.97. The van der Waals surface area contributed by atoms with Crippen molar-refractivity contribution in [1.82, 2.24) is 4.90 Å². The molecule has 0 aliphatic carbocycles. The van der Waals surface area contributed by atoms with E-state index in [1.807, 2.05) is 17.0 Å². The minimum absolute atomic E-state index is 0.0555. The van der Waals surface area contributed by atoms with Gasteiger partial charge in [-0.15, -0.1) is 0 Å². The van der Waals surface area contributed by atoms with Crippen LogP contribution in [0.4, 0.5) is 5.69 Å². The summed E-state index contributed by atoms with van der Waals surface area (Å²) in [5, 5.41) is 11.8. The van der Waals surface area contributed by atoms with Gasteiger partial charge in [-0.3, -0.25) is 9.69 Å². The van der Waals surface area contributed by atoms with Crippen molar-refractivity contribution in [2.75, 3.05) is 31.6 Å². The molecular weight excluding hydrogens is 444 g/mol. The van der Waals surface area contributed by atoms with E-state index in [0.717, 1.165) is 32.2 Å². The van der Waals surface area contributed by atoms with Crippen LogP contribution in [-0.2, 0) is 4.79 Å². The molecule has 1 aliphatic rings. The van der Waals surface area contributed by atoms with Crippen LogP contribution in [0.1, 0.15) is 0 Å². The van der Waals surface area contributed by atoms with Crippen LogP contribution in [0.2, 0.25) is 0 Å². The van der Waals surface area contributed by atoms with E-state index >= 15 is 0 Å². The molecule has 1 fully saturated rings. The maximum Gasteiger partial charge on any atom is 0.238 e. The molecule has 1 aromatic rings. The first kappa shape index (κ1) is 15.4. The molecule has 1 aliphatic heterocycles. The highest BCUT2D eigenvalue weighted by molar-refractivity contribution is 9.11. The summed E-state index contributed by atoms with van der Waals surface area (Å²) in [5.41, 5.74) is 0.729. The van der Waals surface area contributed by atoms with Gasteiger partial charge in [0, 0.05) is 39.0 Å². The number of carbonyl (C=O) groups excluding carboxylic acids is 1. The van der Waals surface area contributed by atoms with Crippen molar-refractivity contribution in [3.05, 3.63) is 25.6 Å². The second-order valence-electron chi connectivity index (χ2n) is 4.54. The van der Waals surface area contributed by atoms with Gasteiger partial charge >= 0.3 is 0 Å². The SMILES string of the molecule is O=C(CN1CC(CO)C1)Nc1c(Br)cc(Br)cc1Br. The van der Waals surface area contributed by atoms with E-state index in [4.69, 9.17) is 5.11 Å². The quantitative estimate of drug-likeness (QED) is 0.732. The van der Waals surface area contributed by atoms with Crippen LogP contribution in [0.25, 0.3) is 0 Å². The molecule has 2 rings (SSSR count). The van der Waals surface area contributed by atoms with Gasteiger partial charge in [-0.2, -0.15) is 0 Å². The summed E-state index contributed by atoms with van der Waals surface area (Å²) in [5.74, 6) is 0.263. The number of aliphatic hydroxyl groups excluding tert-OH is 1. The van der Waals surface area contributed by atoms with Crippen molar-refractivity contribution in [2.45, 2.75) is 0 Å². The molecular formula is C12H13Br3N2O2. The van der Waals surface area contributed by atoms with E-state index in [9.17, 15) is 4.79 Å². The number of rotatable bonds is 4. The Balaban J connectivity index is 1.93. The number of aliphatic hydroxyl groups is 1. The summed E-state index contributed by atoms with van der Waals surface area (Å²) in [6.07, 6.45) is 0. The van der Waals surface area contributed by atoms with Gasteiger partial charge in [0.1, 0.15) is 0 Å². The minimum atomic E-state index is -0.0555. The Morgan fingerprint density at radius 1 is 1.32 bits per heavy atom. The van der Waals surface area contributed by atoms with E-state index < -0.39 is 0 Å². The summed E-state index contributed by atoms with van der Waals surface area (Å²) in [6.45, 7) is 2.12. The lowest BCUT2D eigenvalue weighted by atomic mass is 10.0. The monoisotopic (exact) mass is 454 g/mol. The molecule has 4 nitrogen and oxygen atoms in total. The molecule has 1 aromatic carbocycles. The molecule has 0 saturated carbocycles. The molecule has 0 bridgehead atoms. The number of hydrogen-bond donors (Lipinski definition) is 2. The van der Waals surface area contributed by atoms with Crippen LogP contribution in [0.5, 0.6) is 0 Å². The summed E-state index contributed by atoms with van der Waals surface area (Å²) >= 11 is 10.2. The Morgan fingerprint density at radius 3 is 2.42 bits per heavy atom. The molecule has 1 amide bonds. The highest BCUT2D eigenvalue weighted by Gasteiger charge is 2.27. The fraction of sp³-hybridized carbons (Fsp3) is 0.417. The lowest BCUT2D eigenvalue weighted by Crippen LogP contribution is -2.51. The lowest BCUT2D eigenvalue weighted by Gasteiger charge is -2.37. The first-order valence-corrected chi connectivity index (χ1v) is 8.15. The average molecular weight is 457 g/mol. The molecule has 19 heavy (non-hydrogen) atoms. The third-order valence-electron chi connectivity index (χ3n) is 2.93. The van der Waals surface area contributed by atoms with Crippen molar-refractivity contribution in [3.63, 3.8) is 0 Å². The molecule has 1 saturated heterocycles. The van der Waals surface area contributed by atoms with Gasteiger partial charge < -0.3 is 10.4 Å². The summed E-state index contributed by atoms with van der Waals surface area (Å²) < 4.78 is 2.57. The Labute approximate surface area is 136 Å². The molecule has 104 valence electrons. The maximum absolute atomic E-state index is 11.9. The van der Waals surface area contributed by atoms with Crippen molar-refractivity contribution in [2.24, 2.45) is 5.92 Å². The van der Waals surface area contributed by atoms with Crippen molar-refractivity contribution < 1.29 is 9.90 Å². The van der Waals surface area contributed by atoms with E-state index in [-0.39, 0.29) is 12.5 Å². The van der Waals surface area contributed by atoms with Gasteiger partial charge in [-0.1, -0.05) is 15.9 Å². The highest BCUT2D eigenvalue weighted by atomic mass is 79.9. The molecule has 0 radical (unpaired) electrons. The van der Waals surface area contributed by atoms with E-state index in [2.05, 4.69) is 53.1 Å². The fourth-order valence-corrected chi connectivity index (χ4v) is 4.42. The molecule has 0 spiro atoms. The van der Waals surface area contributed by atoms with Gasteiger partial charge in [0.25, 0.3) is 0 Å². The Kier molecular flexibility index (Phi) is 5.42. The third-order valence-corrected chi connectivity index (χ3v) is 4.64. The smallest absolute Gasteiger partial charge is 0.238 e. The number of hydrogen-bond acceptors (Lipinski definition) is 3. The zero-order valence-corrected chi connectivity index (χ0v) is 14.8. The van der Waals surface area contributed by atoms with Crippen LogP contribution in [0, 0.1) is 5.92 Å². The number of nitrogens with zero attached hydrogens (tertiary/aromatic N) is 1. The second-order valence-corrected chi connectivity index (χ2v) is 7.16. The van der Waals surface area contributed by atoms with Gasteiger partial charge in [-0.25, -0.2) is 0 Å². The Bertz CT molecular complexity index is 467. The molecule has 0 atom stereocenters. The van der Waals surface area contributed by atoms with Crippen LogP contribution in [0.15, 0.2) is 25.6 Å². The lowest BCUT2D eigenvalue weighted by molar-refractivity contribution is -0.119. The Hall–Kier alpha value is 0.0500. The van der Waals surface area contributed by atoms with Crippen molar-refractivity contribution in [1.29, 1.82) is 0 Å². The number of anilines is 1. The second kappa shape index (κ2) is 6.67. The normalized spacial score (nSPS) is 16.2. The van der Waals surface area contributed by atoms with Gasteiger partial charge in [0.2, 0.25) is 5.91 Å². The summed E-state index contributed by atoms with van der Waals surface area (Å²) in [4.78, 5) is 13.9. The van der Waals surface area contributed by atoms with Gasteiger partial charge in [-0.05, 0) is 44.0 Å².